The maximum absolute atomic E-state index is 11.9. The fourth-order valence-corrected chi connectivity index (χ4v) is 1.44. The Morgan fingerprint density at radius 1 is 1.24 bits per heavy atom. The molecule has 120 valence electrons. The van der Waals surface area contributed by atoms with E-state index >= 15 is 0 Å². The van der Waals surface area contributed by atoms with E-state index in [1.807, 2.05) is 0 Å². The van der Waals surface area contributed by atoms with E-state index in [0.29, 0.717) is 6.21 Å². The summed E-state index contributed by atoms with van der Waals surface area (Å²) in [5, 5.41) is 18.7. The number of carbonyl (C=O) groups excluding carboxylic acids is 3. The van der Waals surface area contributed by atoms with Gasteiger partial charge in [0.05, 0.1) is 24.3 Å². The molecule has 7 heteroatoms. The zero-order valence-electron chi connectivity index (χ0n) is 12.9. The molecule has 3 atom stereocenters. The Balaban J connectivity index is 4.78. The molecule has 7 nitrogen and oxygen atoms in total. The summed E-state index contributed by atoms with van der Waals surface area (Å²) in [7, 11) is 0. The molecule has 3 N–H and O–H groups in total. The van der Waals surface area contributed by atoms with Gasteiger partial charge in [-0.25, -0.2) is 4.79 Å². The van der Waals surface area contributed by atoms with Crippen molar-refractivity contribution in [3.05, 3.63) is 0 Å². The van der Waals surface area contributed by atoms with Gasteiger partial charge in [-0.3, -0.25) is 9.59 Å². The van der Waals surface area contributed by atoms with Gasteiger partial charge in [-0.1, -0.05) is 6.92 Å². The van der Waals surface area contributed by atoms with Gasteiger partial charge >= 0.3 is 5.97 Å². The van der Waals surface area contributed by atoms with Crippen LogP contribution in [-0.2, 0) is 19.1 Å². The van der Waals surface area contributed by atoms with E-state index in [4.69, 9.17) is 10.1 Å². The molecule has 0 aliphatic carbocycles. The van der Waals surface area contributed by atoms with E-state index < -0.39 is 35.7 Å². The van der Waals surface area contributed by atoms with Gasteiger partial charge < -0.3 is 20.6 Å². The second kappa shape index (κ2) is 9.23. The van der Waals surface area contributed by atoms with E-state index in [-0.39, 0.29) is 18.9 Å². The number of aliphatic hydroxyl groups is 1. The van der Waals surface area contributed by atoms with E-state index in [1.54, 1.807) is 13.8 Å². The van der Waals surface area contributed by atoms with Crippen molar-refractivity contribution in [3.8, 4) is 0 Å². The Morgan fingerprint density at radius 2 is 1.81 bits per heavy atom. The third-order valence-electron chi connectivity index (χ3n) is 2.93. The molecule has 0 saturated carbocycles. The highest BCUT2D eigenvalue weighted by molar-refractivity contribution is 6.26. The van der Waals surface area contributed by atoms with Crippen LogP contribution in [-0.4, -0.2) is 47.2 Å². The number of ketones is 1. The molecule has 0 heterocycles. The molecule has 0 aliphatic rings. The number of rotatable bonds is 9. The van der Waals surface area contributed by atoms with Gasteiger partial charge in [0.15, 0.2) is 5.78 Å². The van der Waals surface area contributed by atoms with Crippen LogP contribution in [0.4, 0.5) is 0 Å². The summed E-state index contributed by atoms with van der Waals surface area (Å²) < 4.78 is 5.03. The maximum atomic E-state index is 11.9. The second-order valence-corrected chi connectivity index (χ2v) is 5.23. The van der Waals surface area contributed by atoms with Crippen LogP contribution in [0.5, 0.6) is 0 Å². The largest absolute Gasteiger partial charge is 0.461 e. The van der Waals surface area contributed by atoms with Gasteiger partial charge in [0.2, 0.25) is 5.91 Å². The van der Waals surface area contributed by atoms with Gasteiger partial charge in [-0.05, 0) is 27.2 Å². The highest BCUT2D eigenvalue weighted by Gasteiger charge is 2.27. The first-order chi connectivity index (χ1) is 9.68. The van der Waals surface area contributed by atoms with Gasteiger partial charge in [-0.2, -0.15) is 0 Å². The molecular weight excluding hydrogens is 276 g/mol. The summed E-state index contributed by atoms with van der Waals surface area (Å²) in [5.41, 5.74) is 0. The van der Waals surface area contributed by atoms with E-state index in [9.17, 15) is 19.5 Å². The summed E-state index contributed by atoms with van der Waals surface area (Å²) in [6.45, 7) is 6.37. The normalized spacial score (nSPS) is 15.0. The molecule has 0 spiro atoms. The molecule has 21 heavy (non-hydrogen) atoms. The van der Waals surface area contributed by atoms with Gasteiger partial charge in [0.1, 0.15) is 6.04 Å². The number of carbonyl (C=O) groups is 3. The number of nitrogens with one attached hydrogen (secondary N) is 2. The van der Waals surface area contributed by atoms with Crippen molar-refractivity contribution >= 4 is 23.9 Å². The first-order valence-electron chi connectivity index (χ1n) is 6.91. The Bertz CT molecular complexity index is 393. The van der Waals surface area contributed by atoms with Crippen molar-refractivity contribution in [2.24, 2.45) is 5.92 Å². The first-order valence-corrected chi connectivity index (χ1v) is 6.91. The summed E-state index contributed by atoms with van der Waals surface area (Å²) in [5.74, 6) is -2.24. The summed E-state index contributed by atoms with van der Waals surface area (Å²) in [6.07, 6.45) is -0.507. The van der Waals surface area contributed by atoms with Crippen LogP contribution < -0.4 is 5.32 Å². The van der Waals surface area contributed by atoms with E-state index in [1.165, 1.54) is 13.8 Å². The fourth-order valence-electron chi connectivity index (χ4n) is 1.44. The number of esters is 1. The molecule has 0 aromatic rings. The van der Waals surface area contributed by atoms with Crippen LogP contribution in [0.3, 0.4) is 0 Å². The van der Waals surface area contributed by atoms with Crippen molar-refractivity contribution in [2.75, 3.05) is 0 Å². The lowest BCUT2D eigenvalue weighted by atomic mass is 10.0. The molecule has 0 unspecified atom stereocenters. The minimum absolute atomic E-state index is 0.0370. The van der Waals surface area contributed by atoms with Crippen molar-refractivity contribution in [1.29, 1.82) is 5.41 Å². The van der Waals surface area contributed by atoms with Crippen LogP contribution in [0.2, 0.25) is 0 Å². The van der Waals surface area contributed by atoms with Crippen LogP contribution >= 0.6 is 0 Å². The quantitative estimate of drug-likeness (QED) is 0.422. The highest BCUT2D eigenvalue weighted by atomic mass is 16.5. The molecule has 0 aromatic heterocycles. The second-order valence-electron chi connectivity index (χ2n) is 5.23. The lowest BCUT2D eigenvalue weighted by Gasteiger charge is -2.21. The topological polar surface area (TPSA) is 117 Å². The number of hydrogen-bond acceptors (Lipinski definition) is 6. The molecule has 0 radical (unpaired) electrons. The molecule has 0 saturated heterocycles. The summed E-state index contributed by atoms with van der Waals surface area (Å²) in [4.78, 5) is 34.9. The number of Topliss-reactive ketones (excluding diaryl/α,β-unsaturated/α-hetero) is 1. The summed E-state index contributed by atoms with van der Waals surface area (Å²) >= 11 is 0. The third-order valence-corrected chi connectivity index (χ3v) is 2.93. The minimum Gasteiger partial charge on any atom is -0.461 e. The van der Waals surface area contributed by atoms with E-state index in [0.717, 1.165) is 0 Å². The molecule has 0 aromatic carbocycles. The zero-order chi connectivity index (χ0) is 16.6. The predicted octanol–water partition coefficient (Wildman–Crippen LogP) is 0.439. The van der Waals surface area contributed by atoms with Crippen molar-refractivity contribution in [1.82, 2.24) is 5.32 Å². The number of ether oxygens (including phenoxy) is 1. The molecule has 0 rings (SSSR count). The third kappa shape index (κ3) is 7.55. The Kier molecular flexibility index (Phi) is 8.45. The van der Waals surface area contributed by atoms with Crippen molar-refractivity contribution in [3.63, 3.8) is 0 Å². The average Bonchev–Trinajstić information content (AvgIpc) is 2.40. The SMILES string of the molecule is CC(C)OC(=O)[C@H](CCC(=O)C=N)NC(=O)[C@@H](C)[C@@H](C)O. The molecule has 1 amide bonds. The molecular formula is C14H24N2O5. The van der Waals surface area contributed by atoms with Crippen LogP contribution in [0.25, 0.3) is 0 Å². The average molecular weight is 300 g/mol. The van der Waals surface area contributed by atoms with Crippen LogP contribution in [0, 0.1) is 11.3 Å². The standard InChI is InChI=1S/C14H24N2O5/c1-8(2)21-14(20)12(6-5-11(18)7-15)16-13(19)9(3)10(4)17/h7-10,12,15,17H,5-6H2,1-4H3,(H,16,19)/t9-,10+,12-/m0/s1. The fraction of sp³-hybridized carbons (Fsp3) is 0.714. The Morgan fingerprint density at radius 3 is 2.24 bits per heavy atom. The minimum atomic E-state index is -0.968. The number of hydrogen-bond donors (Lipinski definition) is 3. The Hall–Kier alpha value is -1.76. The lowest BCUT2D eigenvalue weighted by molar-refractivity contribution is -0.152. The molecule has 0 bridgehead atoms. The highest BCUT2D eigenvalue weighted by Crippen LogP contribution is 2.07. The number of amides is 1. The van der Waals surface area contributed by atoms with Crippen LogP contribution in [0.1, 0.15) is 40.5 Å². The maximum Gasteiger partial charge on any atom is 0.328 e. The first kappa shape index (κ1) is 19.2. The van der Waals surface area contributed by atoms with Gasteiger partial charge in [0.25, 0.3) is 0 Å². The van der Waals surface area contributed by atoms with Crippen molar-refractivity contribution < 1.29 is 24.2 Å². The smallest absolute Gasteiger partial charge is 0.328 e. The molecule has 0 fully saturated rings. The predicted molar refractivity (Wildman–Crippen MR) is 77.0 cm³/mol. The number of aliphatic hydroxyl groups excluding tert-OH is 1. The van der Waals surface area contributed by atoms with Crippen molar-refractivity contribution in [2.45, 2.75) is 58.8 Å². The Labute approximate surface area is 124 Å². The van der Waals surface area contributed by atoms with Gasteiger partial charge in [-0.15, -0.1) is 0 Å². The molecule has 0 aliphatic heterocycles. The lowest BCUT2D eigenvalue weighted by Crippen LogP contribution is -2.46. The van der Waals surface area contributed by atoms with E-state index in [2.05, 4.69) is 5.32 Å². The van der Waals surface area contributed by atoms with Gasteiger partial charge in [0, 0.05) is 6.42 Å². The zero-order valence-corrected chi connectivity index (χ0v) is 12.9. The monoisotopic (exact) mass is 300 g/mol. The van der Waals surface area contributed by atoms with Crippen LogP contribution in [0.15, 0.2) is 0 Å². The summed E-state index contributed by atoms with van der Waals surface area (Å²) in [6, 6.07) is -0.968.